The first-order chi connectivity index (χ1) is 19.3. The van der Waals surface area contributed by atoms with Gasteiger partial charge in [-0.05, 0) is 61.6 Å². The molecule has 2 atom stereocenters. The number of alkyl halides is 3. The third-order valence-electron chi connectivity index (χ3n) is 7.06. The molecule has 1 N–H and O–H groups in total. The van der Waals surface area contributed by atoms with E-state index in [1.807, 2.05) is 0 Å². The molecule has 2 aromatic heterocycles. The average Bonchev–Trinajstić information content (AvgIpc) is 3.53. The number of benzene rings is 1. The third kappa shape index (κ3) is 5.09. The number of nitrogens with zero attached hydrogens (tertiary/aromatic N) is 4. The molecular formula is C27H28F3N5O3. The summed E-state index contributed by atoms with van der Waals surface area (Å²) < 4.78 is 69.8. The second kappa shape index (κ2) is 10.1. The second-order valence-electron chi connectivity index (χ2n) is 9.57. The molecule has 0 radical (unpaired) electrons. The number of rotatable bonds is 7. The van der Waals surface area contributed by atoms with Gasteiger partial charge >= 0.3 is 6.18 Å². The summed E-state index contributed by atoms with van der Waals surface area (Å²) in [5.41, 5.74) is 0.406. The number of likely N-dealkylation sites (tertiary alicyclic amines) is 1. The van der Waals surface area contributed by atoms with Crippen molar-refractivity contribution < 1.29 is 31.6 Å². The number of amides is 2. The van der Waals surface area contributed by atoms with Crippen LogP contribution in [0, 0.1) is 6.92 Å². The monoisotopic (exact) mass is 530 g/mol. The molecule has 2 fully saturated rings. The first kappa shape index (κ1) is 22.1. The van der Waals surface area contributed by atoms with Gasteiger partial charge in [0.2, 0.25) is 5.91 Å². The van der Waals surface area contributed by atoms with Crippen molar-refractivity contribution in [2.45, 2.75) is 56.9 Å². The molecule has 1 aromatic carbocycles. The third-order valence-corrected chi connectivity index (χ3v) is 7.06. The maximum atomic E-state index is 13.8. The molecule has 1 saturated heterocycles. The van der Waals surface area contributed by atoms with Crippen LogP contribution in [0.2, 0.25) is 0 Å². The molecule has 8 nitrogen and oxygen atoms in total. The van der Waals surface area contributed by atoms with E-state index >= 15 is 0 Å². The topological polar surface area (TPSA) is 89.4 Å². The Balaban J connectivity index is 1.48. The molecule has 0 bridgehead atoms. The summed E-state index contributed by atoms with van der Waals surface area (Å²) >= 11 is 0. The van der Waals surface area contributed by atoms with Gasteiger partial charge in [-0.1, -0.05) is 18.2 Å². The normalized spacial score (nSPS) is 20.9. The van der Waals surface area contributed by atoms with Gasteiger partial charge in [-0.15, -0.1) is 0 Å². The molecule has 2 amide bonds. The van der Waals surface area contributed by atoms with E-state index < -0.39 is 49.4 Å². The Morgan fingerprint density at radius 2 is 2.00 bits per heavy atom. The highest BCUT2D eigenvalue weighted by molar-refractivity contribution is 5.92. The summed E-state index contributed by atoms with van der Waals surface area (Å²) in [6.45, 7) is 1.12. The SMILES string of the molecule is [2H]C([2H])([2H])Oc1cccc([C@@H]2[C@H](NC(=O)c3ccccn3)CCN2C(=O)Cn2nc(C3CC3)cc2C(F)(F)F)c1C. The largest absolute Gasteiger partial charge is 0.496 e. The number of ether oxygens (including phenoxy) is 1. The van der Waals surface area contributed by atoms with E-state index in [-0.39, 0.29) is 23.9 Å². The lowest BCUT2D eigenvalue weighted by Gasteiger charge is -2.31. The number of hydrogen-bond donors (Lipinski definition) is 1. The molecule has 1 aliphatic heterocycles. The van der Waals surface area contributed by atoms with Crippen LogP contribution in [-0.4, -0.2) is 51.1 Å². The number of aromatic nitrogens is 3. The molecule has 1 aliphatic carbocycles. The van der Waals surface area contributed by atoms with Crippen LogP contribution >= 0.6 is 0 Å². The fourth-order valence-corrected chi connectivity index (χ4v) is 4.99. The first-order valence-corrected chi connectivity index (χ1v) is 12.3. The predicted molar refractivity (Wildman–Crippen MR) is 131 cm³/mol. The van der Waals surface area contributed by atoms with E-state index in [4.69, 9.17) is 8.85 Å². The lowest BCUT2D eigenvalue weighted by molar-refractivity contribution is -0.146. The zero-order chi connectivity index (χ0) is 29.5. The lowest BCUT2D eigenvalue weighted by Crippen LogP contribution is -2.42. The average molecular weight is 531 g/mol. The Bertz CT molecular complexity index is 1440. The van der Waals surface area contributed by atoms with E-state index in [0.29, 0.717) is 27.9 Å². The van der Waals surface area contributed by atoms with Crippen LogP contribution in [0.4, 0.5) is 13.2 Å². The van der Waals surface area contributed by atoms with Crippen molar-refractivity contribution in [3.63, 3.8) is 0 Å². The fourth-order valence-electron chi connectivity index (χ4n) is 4.99. The number of halogens is 3. The van der Waals surface area contributed by atoms with Crippen LogP contribution in [0.15, 0.2) is 48.7 Å². The zero-order valence-corrected chi connectivity index (χ0v) is 20.5. The van der Waals surface area contributed by atoms with E-state index in [2.05, 4.69) is 15.4 Å². The van der Waals surface area contributed by atoms with Crippen molar-refractivity contribution in [1.29, 1.82) is 0 Å². The molecule has 3 aromatic rings. The van der Waals surface area contributed by atoms with Crippen LogP contribution in [0.3, 0.4) is 0 Å². The van der Waals surface area contributed by atoms with E-state index in [1.54, 1.807) is 31.2 Å². The van der Waals surface area contributed by atoms with Crippen molar-refractivity contribution in [3.05, 3.63) is 76.9 Å². The number of pyridine rings is 1. The Kier molecular flexibility index (Phi) is 5.89. The molecule has 0 spiro atoms. The summed E-state index contributed by atoms with van der Waals surface area (Å²) in [6, 6.07) is 9.12. The van der Waals surface area contributed by atoms with Crippen LogP contribution in [-0.2, 0) is 17.5 Å². The van der Waals surface area contributed by atoms with Gasteiger partial charge in [0.25, 0.3) is 5.91 Å². The number of nitrogens with one attached hydrogen (secondary N) is 1. The Hall–Kier alpha value is -3.89. The van der Waals surface area contributed by atoms with Gasteiger partial charge < -0.3 is 15.0 Å². The van der Waals surface area contributed by atoms with Gasteiger partial charge in [-0.2, -0.15) is 18.3 Å². The van der Waals surface area contributed by atoms with Crippen LogP contribution in [0.5, 0.6) is 5.75 Å². The molecule has 5 rings (SSSR count). The maximum Gasteiger partial charge on any atom is 0.433 e. The van der Waals surface area contributed by atoms with Gasteiger partial charge in [0.05, 0.1) is 28.9 Å². The number of carbonyl (C=O) groups excluding carboxylic acids is 2. The first-order valence-electron chi connectivity index (χ1n) is 13.8. The highest BCUT2D eigenvalue weighted by Crippen LogP contribution is 2.42. The zero-order valence-electron chi connectivity index (χ0n) is 23.5. The minimum absolute atomic E-state index is 0.0400. The van der Waals surface area contributed by atoms with Gasteiger partial charge in [0.15, 0.2) is 0 Å². The molecule has 2 aliphatic rings. The summed E-state index contributed by atoms with van der Waals surface area (Å²) in [6.07, 6.45) is -1.42. The van der Waals surface area contributed by atoms with Crippen molar-refractivity contribution in [2.75, 3.05) is 13.6 Å². The molecule has 11 heteroatoms. The van der Waals surface area contributed by atoms with E-state index in [1.165, 1.54) is 23.2 Å². The summed E-state index contributed by atoms with van der Waals surface area (Å²) in [5, 5.41) is 7.02. The van der Waals surface area contributed by atoms with Gasteiger partial charge in [-0.3, -0.25) is 19.3 Å². The molecule has 38 heavy (non-hydrogen) atoms. The minimum Gasteiger partial charge on any atom is -0.496 e. The molecule has 3 heterocycles. The quantitative estimate of drug-likeness (QED) is 0.493. The Morgan fingerprint density at radius 3 is 2.68 bits per heavy atom. The van der Waals surface area contributed by atoms with Crippen LogP contribution in [0.25, 0.3) is 0 Å². The predicted octanol–water partition coefficient (Wildman–Crippen LogP) is 4.26. The van der Waals surface area contributed by atoms with Crippen molar-refractivity contribution in [2.24, 2.45) is 0 Å². The highest BCUT2D eigenvalue weighted by atomic mass is 19.4. The summed E-state index contributed by atoms with van der Waals surface area (Å²) in [5.74, 6) is -1.08. The summed E-state index contributed by atoms with van der Waals surface area (Å²) in [4.78, 5) is 32.1. The van der Waals surface area contributed by atoms with Crippen molar-refractivity contribution in [3.8, 4) is 5.75 Å². The Morgan fingerprint density at radius 1 is 1.18 bits per heavy atom. The standard InChI is InChI=1S/C27H28F3N5O3/c1-16-18(6-5-8-22(16)38-2)25-19(32-26(37)20-7-3-4-12-31-20)11-13-34(25)24(36)15-35-23(27(28,29)30)14-21(33-35)17-9-10-17/h3-8,12,14,17,19,25H,9-11,13,15H2,1-2H3,(H,32,37)/t19-,25-/m1/s1/i2D3. The highest BCUT2D eigenvalue weighted by Gasteiger charge is 2.42. The smallest absolute Gasteiger partial charge is 0.433 e. The van der Waals surface area contributed by atoms with E-state index in [9.17, 15) is 22.8 Å². The fraction of sp³-hybridized carbons (Fsp3) is 0.407. The van der Waals surface area contributed by atoms with Crippen LogP contribution in [0.1, 0.15) is 68.3 Å². The molecule has 0 unspecified atom stereocenters. The Labute approximate surface area is 222 Å². The maximum absolute atomic E-state index is 13.8. The minimum atomic E-state index is -4.69. The number of hydrogen-bond acceptors (Lipinski definition) is 5. The van der Waals surface area contributed by atoms with Crippen LogP contribution < -0.4 is 10.1 Å². The molecule has 1 saturated carbocycles. The molecule has 200 valence electrons. The van der Waals surface area contributed by atoms with Crippen molar-refractivity contribution >= 4 is 11.8 Å². The lowest BCUT2D eigenvalue weighted by atomic mass is 9.95. The second-order valence-corrected chi connectivity index (χ2v) is 9.57. The number of methoxy groups -OCH3 is 1. The van der Waals surface area contributed by atoms with E-state index in [0.717, 1.165) is 18.9 Å². The molecular weight excluding hydrogens is 499 g/mol. The van der Waals surface area contributed by atoms with Crippen molar-refractivity contribution in [1.82, 2.24) is 25.0 Å². The van der Waals surface area contributed by atoms with Gasteiger partial charge in [-0.25, -0.2) is 0 Å². The number of carbonyl (C=O) groups is 2. The van der Waals surface area contributed by atoms with Gasteiger partial charge in [0.1, 0.15) is 23.7 Å². The summed E-state index contributed by atoms with van der Waals surface area (Å²) in [7, 11) is -2.73. The van der Waals surface area contributed by atoms with Gasteiger partial charge in [0, 0.05) is 18.7 Å².